The monoisotopic (exact) mass is 284 g/mol. The summed E-state index contributed by atoms with van der Waals surface area (Å²) in [4.78, 5) is 2.96. The molecule has 3 rings (SSSR count). The zero-order valence-corrected chi connectivity index (χ0v) is 11.3. The zero-order chi connectivity index (χ0) is 13.8. The highest BCUT2D eigenvalue weighted by Gasteiger charge is 2.07. The van der Waals surface area contributed by atoms with E-state index in [2.05, 4.69) is 25.8 Å². The molecule has 0 unspecified atom stereocenters. The molecule has 2 N–H and O–H groups in total. The summed E-state index contributed by atoms with van der Waals surface area (Å²) in [6.07, 6.45) is 1.78. The maximum Gasteiger partial charge on any atom is 0.247 e. The van der Waals surface area contributed by atoms with Crippen LogP contribution in [0.1, 0.15) is 5.56 Å². The summed E-state index contributed by atoms with van der Waals surface area (Å²) in [7, 11) is 0. The van der Waals surface area contributed by atoms with Gasteiger partial charge in [0.15, 0.2) is 0 Å². The summed E-state index contributed by atoms with van der Waals surface area (Å²) in [5.74, 6) is 0.555. The van der Waals surface area contributed by atoms with Gasteiger partial charge in [0, 0.05) is 6.20 Å². The van der Waals surface area contributed by atoms with Crippen LogP contribution >= 0.6 is 12.2 Å². The van der Waals surface area contributed by atoms with Crippen LogP contribution in [0.25, 0.3) is 0 Å². The maximum absolute atomic E-state index is 5.20. The molecule has 0 saturated heterocycles. The van der Waals surface area contributed by atoms with Gasteiger partial charge in [-0.05, 0) is 28.1 Å². The average Bonchev–Trinajstić information content (AvgIpc) is 2.90. The SMILES string of the molecule is S=c1[nH]cccc1Nc1nnnn1Cc1ccccc1. The second-order valence-electron chi connectivity index (χ2n) is 4.18. The molecule has 1 aromatic carbocycles. The van der Waals surface area contributed by atoms with E-state index in [0.29, 0.717) is 17.1 Å². The van der Waals surface area contributed by atoms with E-state index in [0.717, 1.165) is 11.3 Å². The van der Waals surface area contributed by atoms with Crippen molar-refractivity contribution in [3.05, 3.63) is 58.9 Å². The van der Waals surface area contributed by atoms with Crippen LogP contribution in [-0.2, 0) is 6.54 Å². The number of rotatable bonds is 4. The van der Waals surface area contributed by atoms with Crippen LogP contribution < -0.4 is 5.32 Å². The van der Waals surface area contributed by atoms with Crippen LogP contribution in [0.3, 0.4) is 0 Å². The fourth-order valence-electron chi connectivity index (χ4n) is 1.80. The Bertz CT molecular complexity index is 749. The van der Waals surface area contributed by atoms with Crippen LogP contribution in [0, 0.1) is 4.64 Å². The third-order valence-electron chi connectivity index (χ3n) is 2.77. The van der Waals surface area contributed by atoms with E-state index in [4.69, 9.17) is 12.2 Å². The van der Waals surface area contributed by atoms with Crippen LogP contribution in [0.4, 0.5) is 11.6 Å². The second kappa shape index (κ2) is 5.62. The van der Waals surface area contributed by atoms with Crippen molar-refractivity contribution in [2.45, 2.75) is 6.54 Å². The highest BCUT2D eigenvalue weighted by atomic mass is 32.1. The normalized spacial score (nSPS) is 10.4. The molecule has 0 radical (unpaired) electrons. The van der Waals surface area contributed by atoms with Gasteiger partial charge in [-0.2, -0.15) is 0 Å². The number of tetrazole rings is 1. The lowest BCUT2D eigenvalue weighted by molar-refractivity contribution is 0.654. The molecule has 100 valence electrons. The molecule has 20 heavy (non-hydrogen) atoms. The average molecular weight is 284 g/mol. The van der Waals surface area contributed by atoms with E-state index >= 15 is 0 Å². The molecule has 0 fully saturated rings. The van der Waals surface area contributed by atoms with Gasteiger partial charge in [0.25, 0.3) is 0 Å². The Labute approximate surface area is 120 Å². The molecule has 2 heterocycles. The predicted octanol–water partition coefficient (Wildman–Crippen LogP) is 2.52. The number of anilines is 2. The fraction of sp³-hybridized carbons (Fsp3) is 0.0769. The molecular weight excluding hydrogens is 272 g/mol. The van der Waals surface area contributed by atoms with Crippen molar-refractivity contribution in [3.8, 4) is 0 Å². The Kier molecular flexibility index (Phi) is 3.51. The number of pyridine rings is 1. The van der Waals surface area contributed by atoms with E-state index in [-0.39, 0.29) is 0 Å². The number of benzene rings is 1. The maximum atomic E-state index is 5.20. The fourth-order valence-corrected chi connectivity index (χ4v) is 1.98. The van der Waals surface area contributed by atoms with Gasteiger partial charge in [-0.25, -0.2) is 4.68 Å². The van der Waals surface area contributed by atoms with Crippen LogP contribution in [0.2, 0.25) is 0 Å². The first-order chi connectivity index (χ1) is 9.83. The molecule has 3 aromatic rings. The Morgan fingerprint density at radius 3 is 2.80 bits per heavy atom. The molecule has 0 aliphatic heterocycles. The Morgan fingerprint density at radius 2 is 2.00 bits per heavy atom. The molecule has 7 heteroatoms. The topological polar surface area (TPSA) is 71.4 Å². The molecule has 0 aliphatic rings. The minimum atomic E-state index is 0.555. The van der Waals surface area contributed by atoms with Crippen molar-refractivity contribution in [2.75, 3.05) is 5.32 Å². The molecule has 2 aromatic heterocycles. The number of hydrogen-bond donors (Lipinski definition) is 2. The predicted molar refractivity (Wildman–Crippen MR) is 78.3 cm³/mol. The Hall–Kier alpha value is -2.54. The van der Waals surface area contributed by atoms with Crippen molar-refractivity contribution in [1.29, 1.82) is 0 Å². The van der Waals surface area contributed by atoms with Gasteiger partial charge in [0.05, 0.1) is 12.2 Å². The number of aromatic amines is 1. The number of aromatic nitrogens is 5. The van der Waals surface area contributed by atoms with Gasteiger partial charge in [-0.15, -0.1) is 0 Å². The van der Waals surface area contributed by atoms with Crippen LogP contribution in [0.15, 0.2) is 48.7 Å². The highest BCUT2D eigenvalue weighted by molar-refractivity contribution is 7.71. The van der Waals surface area contributed by atoms with E-state index in [1.165, 1.54) is 0 Å². The molecule has 0 aliphatic carbocycles. The van der Waals surface area contributed by atoms with Gasteiger partial charge >= 0.3 is 0 Å². The summed E-state index contributed by atoms with van der Waals surface area (Å²) in [5, 5.41) is 14.8. The van der Waals surface area contributed by atoms with Crippen molar-refractivity contribution >= 4 is 23.9 Å². The van der Waals surface area contributed by atoms with E-state index < -0.39 is 0 Å². The summed E-state index contributed by atoms with van der Waals surface area (Å²) in [6, 6.07) is 13.7. The smallest absolute Gasteiger partial charge is 0.247 e. The van der Waals surface area contributed by atoms with Crippen LogP contribution in [-0.4, -0.2) is 25.2 Å². The Morgan fingerprint density at radius 1 is 1.15 bits per heavy atom. The summed E-state index contributed by atoms with van der Waals surface area (Å²) < 4.78 is 2.30. The van der Waals surface area contributed by atoms with Gasteiger partial charge in [0.1, 0.15) is 4.64 Å². The van der Waals surface area contributed by atoms with E-state index in [9.17, 15) is 0 Å². The molecule has 0 saturated carbocycles. The van der Waals surface area contributed by atoms with Crippen molar-refractivity contribution in [1.82, 2.24) is 25.2 Å². The lowest BCUT2D eigenvalue weighted by atomic mass is 10.2. The number of nitrogens with zero attached hydrogens (tertiary/aromatic N) is 4. The number of H-pyrrole nitrogens is 1. The quantitative estimate of drug-likeness (QED) is 0.720. The first-order valence-electron chi connectivity index (χ1n) is 6.08. The number of hydrogen-bond acceptors (Lipinski definition) is 5. The third kappa shape index (κ3) is 2.72. The molecule has 6 nitrogen and oxygen atoms in total. The lowest BCUT2D eigenvalue weighted by Gasteiger charge is -2.07. The van der Waals surface area contributed by atoms with Gasteiger partial charge in [-0.1, -0.05) is 47.6 Å². The molecule has 0 spiro atoms. The molecule has 0 bridgehead atoms. The standard InChI is InChI=1S/C13H12N6S/c20-12-11(7-4-8-14-12)15-13-16-17-18-19(13)9-10-5-2-1-3-6-10/h1-8H,9H2,(H,14,20)(H,15,16,18). The van der Waals surface area contributed by atoms with Crippen LogP contribution in [0.5, 0.6) is 0 Å². The summed E-state index contributed by atoms with van der Waals surface area (Å²) in [5.41, 5.74) is 1.90. The largest absolute Gasteiger partial charge is 0.351 e. The van der Waals surface area contributed by atoms with Crippen molar-refractivity contribution in [3.63, 3.8) is 0 Å². The van der Waals surface area contributed by atoms with Crippen molar-refractivity contribution < 1.29 is 0 Å². The minimum Gasteiger partial charge on any atom is -0.351 e. The van der Waals surface area contributed by atoms with E-state index in [1.807, 2.05) is 42.5 Å². The minimum absolute atomic E-state index is 0.555. The van der Waals surface area contributed by atoms with Gasteiger partial charge in [-0.3, -0.25) is 0 Å². The summed E-state index contributed by atoms with van der Waals surface area (Å²) in [6.45, 7) is 0.597. The lowest BCUT2D eigenvalue weighted by Crippen LogP contribution is -2.07. The number of nitrogens with one attached hydrogen (secondary N) is 2. The highest BCUT2D eigenvalue weighted by Crippen LogP contribution is 2.14. The molecule has 0 atom stereocenters. The first-order valence-corrected chi connectivity index (χ1v) is 6.48. The third-order valence-corrected chi connectivity index (χ3v) is 3.11. The van der Waals surface area contributed by atoms with Gasteiger partial charge < -0.3 is 10.3 Å². The first kappa shape index (κ1) is 12.5. The zero-order valence-electron chi connectivity index (χ0n) is 10.5. The molecular formula is C13H12N6S. The van der Waals surface area contributed by atoms with Crippen molar-refractivity contribution in [2.24, 2.45) is 0 Å². The van der Waals surface area contributed by atoms with Gasteiger partial charge in [0.2, 0.25) is 5.95 Å². The summed E-state index contributed by atoms with van der Waals surface area (Å²) >= 11 is 5.20. The van der Waals surface area contributed by atoms with E-state index in [1.54, 1.807) is 10.9 Å². The Balaban J connectivity index is 1.84. The second-order valence-corrected chi connectivity index (χ2v) is 4.59. The molecule has 0 amide bonds.